The average molecular weight is 320 g/mol. The van der Waals surface area contributed by atoms with Crippen molar-refractivity contribution in [3.8, 4) is 0 Å². The molecular weight excluding hydrogens is 304 g/mol. The van der Waals surface area contributed by atoms with Crippen LogP contribution in [0.3, 0.4) is 0 Å². The molecule has 1 N–H and O–H groups in total. The molecule has 1 aliphatic carbocycles. The van der Waals surface area contributed by atoms with Crippen molar-refractivity contribution >= 4 is 11.9 Å². The van der Waals surface area contributed by atoms with Crippen LogP contribution >= 0.6 is 0 Å². The van der Waals surface area contributed by atoms with Crippen molar-refractivity contribution < 1.29 is 33.6 Å². The lowest BCUT2D eigenvalue weighted by atomic mass is 9.84. The molecule has 0 unspecified atom stereocenters. The Hall–Kier alpha value is -1.96. The number of benzene rings is 1. The van der Waals surface area contributed by atoms with Gasteiger partial charge in [-0.15, -0.1) is 0 Å². The van der Waals surface area contributed by atoms with Gasteiger partial charge >= 0.3 is 11.9 Å². The molecule has 7 nitrogen and oxygen atoms in total. The van der Waals surface area contributed by atoms with Gasteiger partial charge in [-0.25, -0.2) is 4.79 Å². The van der Waals surface area contributed by atoms with Crippen LogP contribution in [0.4, 0.5) is 0 Å². The highest BCUT2D eigenvalue weighted by Gasteiger charge is 2.87. The van der Waals surface area contributed by atoms with E-state index in [0.29, 0.717) is 5.56 Å². The van der Waals surface area contributed by atoms with Crippen LogP contribution in [-0.4, -0.2) is 52.8 Å². The molecule has 1 saturated carbocycles. The van der Waals surface area contributed by atoms with Crippen LogP contribution in [-0.2, 0) is 23.7 Å². The summed E-state index contributed by atoms with van der Waals surface area (Å²) in [7, 11) is 0. The summed E-state index contributed by atoms with van der Waals surface area (Å²) >= 11 is 0. The number of carbonyl (C=O) groups is 2. The lowest BCUT2D eigenvalue weighted by Crippen LogP contribution is -2.55. The number of rotatable bonds is 3. The Bertz CT molecular complexity index is 674. The zero-order valence-corrected chi connectivity index (χ0v) is 12.6. The minimum atomic E-state index is -1.50. The lowest BCUT2D eigenvalue weighted by Gasteiger charge is -2.30. The van der Waals surface area contributed by atoms with E-state index in [1.54, 1.807) is 37.3 Å². The Morgan fingerprint density at radius 3 is 2.57 bits per heavy atom. The fourth-order valence-electron chi connectivity index (χ4n) is 3.38. The van der Waals surface area contributed by atoms with Crippen LogP contribution < -0.4 is 0 Å². The van der Waals surface area contributed by atoms with Gasteiger partial charge < -0.3 is 24.1 Å². The number of aliphatic hydroxyl groups excluding tert-OH is 1. The smallest absolute Gasteiger partial charge is 0.340 e. The first-order valence-corrected chi connectivity index (χ1v) is 7.38. The van der Waals surface area contributed by atoms with E-state index in [1.807, 2.05) is 0 Å². The van der Waals surface area contributed by atoms with Crippen molar-refractivity contribution in [2.75, 3.05) is 0 Å². The number of epoxide rings is 2. The second-order valence-electron chi connectivity index (χ2n) is 6.22. The summed E-state index contributed by atoms with van der Waals surface area (Å²) in [5.74, 6) is -2.71. The molecule has 7 heteroatoms. The van der Waals surface area contributed by atoms with Crippen LogP contribution in [0.5, 0.6) is 0 Å². The quantitative estimate of drug-likeness (QED) is 0.636. The van der Waals surface area contributed by atoms with Crippen LogP contribution in [0.25, 0.3) is 0 Å². The normalized spacial score (nSPS) is 42.9. The molecule has 6 atom stereocenters. The fraction of sp³-hybridized carbons (Fsp3) is 0.500. The predicted octanol–water partition coefficient (Wildman–Crippen LogP) is 0.402. The fourth-order valence-corrected chi connectivity index (χ4v) is 3.38. The molecule has 0 aromatic heterocycles. The van der Waals surface area contributed by atoms with Gasteiger partial charge in [-0.1, -0.05) is 18.2 Å². The summed E-state index contributed by atoms with van der Waals surface area (Å²) in [5, 5.41) is 10.4. The first-order valence-electron chi connectivity index (χ1n) is 7.38. The van der Waals surface area contributed by atoms with E-state index in [2.05, 4.69) is 0 Å². The standard InChI is InChI=1S/C16H16O7/c1-8(17)20-12-10(18)11-15(2,21-11)14-16(12,23-14)22-13(19)9-6-4-3-5-7-9/h3-7,10-12,14,18H,1-2H3/t10-,11-,12+,14-,15-,16+/m1/s1. The molecule has 1 aromatic rings. The molecule has 2 saturated heterocycles. The number of fused-ring (bicyclic) bond motifs is 3. The van der Waals surface area contributed by atoms with E-state index >= 15 is 0 Å². The average Bonchev–Trinajstić information content (AvgIpc) is 3.40. The van der Waals surface area contributed by atoms with E-state index in [-0.39, 0.29) is 0 Å². The number of ether oxygens (including phenoxy) is 4. The third-order valence-corrected chi connectivity index (χ3v) is 4.59. The minimum absolute atomic E-state index is 0.344. The van der Waals surface area contributed by atoms with Gasteiger partial charge in [-0.2, -0.15) is 0 Å². The second kappa shape index (κ2) is 4.53. The Morgan fingerprint density at radius 2 is 1.91 bits per heavy atom. The van der Waals surface area contributed by atoms with E-state index < -0.39 is 47.7 Å². The highest BCUT2D eigenvalue weighted by molar-refractivity contribution is 5.89. The lowest BCUT2D eigenvalue weighted by molar-refractivity contribution is -0.181. The molecule has 122 valence electrons. The third kappa shape index (κ3) is 2.00. The molecule has 4 rings (SSSR count). The SMILES string of the molecule is CC(=O)O[C@H]1[C@H](O)[C@H]2O[C@@]2(C)[C@H]2O[C@]21OC(=O)c1ccccc1. The van der Waals surface area contributed by atoms with Crippen molar-refractivity contribution in [3.05, 3.63) is 35.9 Å². The molecular formula is C16H16O7. The zero-order valence-electron chi connectivity index (χ0n) is 12.6. The molecule has 1 aromatic carbocycles. The Labute approximate surface area is 132 Å². The van der Waals surface area contributed by atoms with Gasteiger partial charge in [0.05, 0.1) is 5.56 Å². The minimum Gasteiger partial charge on any atom is -0.452 e. The molecule has 3 fully saturated rings. The first kappa shape index (κ1) is 14.6. The van der Waals surface area contributed by atoms with Gasteiger partial charge in [0.1, 0.15) is 17.8 Å². The largest absolute Gasteiger partial charge is 0.452 e. The molecule has 2 aliphatic heterocycles. The summed E-state index contributed by atoms with van der Waals surface area (Å²) in [5.41, 5.74) is -0.385. The van der Waals surface area contributed by atoms with E-state index in [1.165, 1.54) is 6.92 Å². The molecule has 2 heterocycles. The summed E-state index contributed by atoms with van der Waals surface area (Å²) < 4.78 is 21.8. The van der Waals surface area contributed by atoms with Crippen molar-refractivity contribution in [2.24, 2.45) is 0 Å². The highest BCUT2D eigenvalue weighted by atomic mass is 16.8. The number of hydrogen-bond donors (Lipinski definition) is 1. The topological polar surface area (TPSA) is 97.9 Å². The molecule has 3 aliphatic rings. The van der Waals surface area contributed by atoms with Crippen LogP contribution in [0.15, 0.2) is 30.3 Å². The third-order valence-electron chi connectivity index (χ3n) is 4.59. The Morgan fingerprint density at radius 1 is 1.22 bits per heavy atom. The number of aliphatic hydroxyl groups is 1. The van der Waals surface area contributed by atoms with Gasteiger partial charge in [-0.05, 0) is 19.1 Å². The van der Waals surface area contributed by atoms with E-state index in [9.17, 15) is 14.7 Å². The van der Waals surface area contributed by atoms with Gasteiger partial charge in [0.2, 0.25) is 0 Å². The van der Waals surface area contributed by atoms with Gasteiger partial charge in [0, 0.05) is 6.92 Å². The maximum absolute atomic E-state index is 12.3. The van der Waals surface area contributed by atoms with Gasteiger partial charge in [0.25, 0.3) is 5.79 Å². The maximum Gasteiger partial charge on any atom is 0.340 e. The van der Waals surface area contributed by atoms with Crippen LogP contribution in [0, 0.1) is 0 Å². The molecule has 0 spiro atoms. The van der Waals surface area contributed by atoms with Crippen LogP contribution in [0.2, 0.25) is 0 Å². The van der Waals surface area contributed by atoms with Gasteiger partial charge in [-0.3, -0.25) is 4.79 Å². The summed E-state index contributed by atoms with van der Waals surface area (Å²) in [6.07, 6.45) is -3.30. The predicted molar refractivity (Wildman–Crippen MR) is 74.3 cm³/mol. The monoisotopic (exact) mass is 320 g/mol. The maximum atomic E-state index is 12.3. The molecule has 0 radical (unpaired) electrons. The summed E-state index contributed by atoms with van der Waals surface area (Å²) in [4.78, 5) is 23.7. The number of carbonyl (C=O) groups excluding carboxylic acids is 2. The van der Waals surface area contributed by atoms with Crippen molar-refractivity contribution in [1.29, 1.82) is 0 Å². The van der Waals surface area contributed by atoms with Crippen molar-refractivity contribution in [1.82, 2.24) is 0 Å². The van der Waals surface area contributed by atoms with Crippen molar-refractivity contribution in [2.45, 2.75) is 49.7 Å². The van der Waals surface area contributed by atoms with E-state index in [4.69, 9.17) is 18.9 Å². The number of hydrogen-bond acceptors (Lipinski definition) is 7. The van der Waals surface area contributed by atoms with E-state index in [0.717, 1.165) is 0 Å². The first-order chi connectivity index (χ1) is 10.9. The Balaban J connectivity index is 1.62. The highest BCUT2D eigenvalue weighted by Crippen LogP contribution is 2.63. The summed E-state index contributed by atoms with van der Waals surface area (Å²) in [6.45, 7) is 2.99. The Kier molecular flexibility index (Phi) is 2.88. The summed E-state index contributed by atoms with van der Waals surface area (Å²) in [6, 6.07) is 8.41. The van der Waals surface area contributed by atoms with Crippen molar-refractivity contribution in [3.63, 3.8) is 0 Å². The molecule has 0 bridgehead atoms. The molecule has 23 heavy (non-hydrogen) atoms. The van der Waals surface area contributed by atoms with Gasteiger partial charge in [0.15, 0.2) is 12.2 Å². The molecule has 0 amide bonds. The van der Waals surface area contributed by atoms with Crippen LogP contribution in [0.1, 0.15) is 24.2 Å². The zero-order chi connectivity index (χ0) is 16.4. The number of esters is 2. The second-order valence-corrected chi connectivity index (χ2v) is 6.22.